The molecule has 9 nitrogen and oxygen atoms in total. The van der Waals surface area contributed by atoms with Crippen LogP contribution < -0.4 is 19.1 Å². The lowest BCUT2D eigenvalue weighted by Gasteiger charge is -2.33. The number of ether oxygens (including phenoxy) is 2. The van der Waals surface area contributed by atoms with Gasteiger partial charge in [-0.15, -0.1) is 0 Å². The summed E-state index contributed by atoms with van der Waals surface area (Å²) in [5.41, 5.74) is 0.909. The van der Waals surface area contributed by atoms with E-state index in [2.05, 4.69) is 5.32 Å². The molecule has 0 bridgehead atoms. The second-order valence-corrected chi connectivity index (χ2v) is 11.9. The van der Waals surface area contributed by atoms with Crippen LogP contribution in [0.3, 0.4) is 0 Å². The van der Waals surface area contributed by atoms with Crippen LogP contribution in [0.25, 0.3) is 0 Å². The number of carbonyl (C=O) groups excluding carboxylic acids is 2. The molecule has 3 aromatic carbocycles. The van der Waals surface area contributed by atoms with E-state index in [9.17, 15) is 18.0 Å². The van der Waals surface area contributed by atoms with Crippen LogP contribution in [-0.4, -0.2) is 58.5 Å². The molecule has 3 rings (SSSR count). The number of nitrogens with zero attached hydrogens (tertiary/aromatic N) is 2. The molecule has 3 aromatic rings. The van der Waals surface area contributed by atoms with E-state index in [1.807, 2.05) is 19.9 Å². The number of amides is 2. The van der Waals surface area contributed by atoms with E-state index in [0.717, 1.165) is 22.7 Å². The zero-order valence-corrected chi connectivity index (χ0v) is 26.0. The maximum absolute atomic E-state index is 14.2. The minimum absolute atomic E-state index is 0.00781. The quantitative estimate of drug-likeness (QED) is 0.233. The first-order valence-electron chi connectivity index (χ1n) is 13.8. The normalized spacial score (nSPS) is 11.8. The van der Waals surface area contributed by atoms with E-state index in [1.165, 1.54) is 36.3 Å². The van der Waals surface area contributed by atoms with Crippen LogP contribution in [0.15, 0.2) is 77.7 Å². The molecule has 0 aromatic heterocycles. The third-order valence-electron chi connectivity index (χ3n) is 6.74. The standard InChI is InChI=1S/C31H38ClN3O6S/c1-5-7-18-33-31(37)28(6-2)34(21-23-12-11-13-25(19-23)40-3)30(36)22-35(24-16-17-29(41-4)27(32)20-24)42(38,39)26-14-9-8-10-15-26/h8-17,19-20,28H,5-7,18,21-22H2,1-4H3,(H,33,37)/t28-/m1/s1. The molecule has 42 heavy (non-hydrogen) atoms. The van der Waals surface area contributed by atoms with Crippen LogP contribution in [0.2, 0.25) is 5.02 Å². The third kappa shape index (κ3) is 8.17. The monoisotopic (exact) mass is 615 g/mol. The van der Waals surface area contributed by atoms with Gasteiger partial charge in [-0.1, -0.05) is 62.2 Å². The Morgan fingerprint density at radius 1 is 0.952 bits per heavy atom. The summed E-state index contributed by atoms with van der Waals surface area (Å²) >= 11 is 6.37. The van der Waals surface area contributed by atoms with Crippen molar-refractivity contribution < 1.29 is 27.5 Å². The smallest absolute Gasteiger partial charge is 0.264 e. The second kappa shape index (κ2) is 15.5. The number of sulfonamides is 1. The van der Waals surface area contributed by atoms with Gasteiger partial charge in [-0.05, 0) is 60.9 Å². The first kappa shape index (κ1) is 32.8. The molecular formula is C31H38ClN3O6S. The zero-order valence-electron chi connectivity index (χ0n) is 24.4. The van der Waals surface area contributed by atoms with Gasteiger partial charge in [-0.3, -0.25) is 13.9 Å². The number of anilines is 1. The van der Waals surface area contributed by atoms with E-state index in [4.69, 9.17) is 21.1 Å². The van der Waals surface area contributed by atoms with Crippen LogP contribution >= 0.6 is 11.6 Å². The molecule has 0 aliphatic carbocycles. The molecule has 0 unspecified atom stereocenters. The van der Waals surface area contributed by atoms with Crippen LogP contribution in [-0.2, 0) is 26.2 Å². The predicted octanol–water partition coefficient (Wildman–Crippen LogP) is 5.28. The summed E-state index contributed by atoms with van der Waals surface area (Å²) in [5.74, 6) is 0.105. The van der Waals surface area contributed by atoms with Gasteiger partial charge in [0.2, 0.25) is 11.8 Å². The highest BCUT2D eigenvalue weighted by Gasteiger charge is 2.34. The Hall–Kier alpha value is -3.76. The van der Waals surface area contributed by atoms with Crippen molar-refractivity contribution in [2.45, 2.75) is 50.6 Å². The van der Waals surface area contributed by atoms with Crippen LogP contribution in [0.4, 0.5) is 5.69 Å². The van der Waals surface area contributed by atoms with Gasteiger partial charge in [0.1, 0.15) is 24.1 Å². The highest BCUT2D eigenvalue weighted by molar-refractivity contribution is 7.92. The minimum Gasteiger partial charge on any atom is -0.497 e. The SMILES string of the molecule is CCCCNC(=O)[C@@H](CC)N(Cc1cccc(OC)c1)C(=O)CN(c1ccc(OC)c(Cl)c1)S(=O)(=O)c1ccccc1. The molecule has 11 heteroatoms. The number of hydrogen-bond donors (Lipinski definition) is 1. The number of nitrogens with one attached hydrogen (secondary N) is 1. The Labute approximate surface area is 253 Å². The number of unbranched alkanes of at least 4 members (excludes halogenated alkanes) is 1. The average Bonchev–Trinajstić information content (AvgIpc) is 3.00. The Morgan fingerprint density at radius 3 is 2.31 bits per heavy atom. The molecule has 0 heterocycles. The summed E-state index contributed by atoms with van der Waals surface area (Å²) in [5, 5.41) is 3.10. The number of halogens is 1. The Kier molecular flexibility index (Phi) is 12.1. The lowest BCUT2D eigenvalue weighted by atomic mass is 10.1. The maximum atomic E-state index is 14.2. The third-order valence-corrected chi connectivity index (χ3v) is 8.82. The second-order valence-electron chi connectivity index (χ2n) is 9.59. The number of methoxy groups -OCH3 is 2. The Bertz CT molecular complexity index is 1450. The van der Waals surface area contributed by atoms with Gasteiger partial charge in [0, 0.05) is 13.1 Å². The van der Waals surface area contributed by atoms with Gasteiger partial charge in [-0.2, -0.15) is 0 Å². The molecule has 2 amide bonds. The molecular weight excluding hydrogens is 578 g/mol. The van der Waals surface area contributed by atoms with Gasteiger partial charge in [-0.25, -0.2) is 8.42 Å². The van der Waals surface area contributed by atoms with E-state index < -0.39 is 28.5 Å². The van der Waals surface area contributed by atoms with E-state index in [1.54, 1.807) is 49.6 Å². The van der Waals surface area contributed by atoms with Gasteiger partial charge >= 0.3 is 0 Å². The van der Waals surface area contributed by atoms with Gasteiger partial charge in [0.05, 0.1) is 29.8 Å². The number of rotatable bonds is 15. The van der Waals surface area contributed by atoms with Crippen molar-refractivity contribution in [3.8, 4) is 11.5 Å². The van der Waals surface area contributed by atoms with Crippen LogP contribution in [0.1, 0.15) is 38.7 Å². The van der Waals surface area contributed by atoms with E-state index in [-0.39, 0.29) is 28.1 Å². The summed E-state index contributed by atoms with van der Waals surface area (Å²) in [6.07, 6.45) is 2.03. The van der Waals surface area contributed by atoms with E-state index in [0.29, 0.717) is 24.5 Å². The first-order chi connectivity index (χ1) is 20.2. The zero-order chi connectivity index (χ0) is 30.7. The van der Waals surface area contributed by atoms with Crippen molar-refractivity contribution in [1.82, 2.24) is 10.2 Å². The van der Waals surface area contributed by atoms with Crippen molar-refractivity contribution >= 4 is 39.1 Å². The fourth-order valence-electron chi connectivity index (χ4n) is 4.45. The van der Waals surface area contributed by atoms with Crippen LogP contribution in [0.5, 0.6) is 11.5 Å². The highest BCUT2D eigenvalue weighted by atomic mass is 35.5. The molecule has 0 aliphatic rings. The lowest BCUT2D eigenvalue weighted by molar-refractivity contribution is -0.140. The highest BCUT2D eigenvalue weighted by Crippen LogP contribution is 2.32. The lowest BCUT2D eigenvalue weighted by Crippen LogP contribution is -2.52. The number of benzene rings is 3. The Balaban J connectivity index is 2.07. The number of hydrogen-bond acceptors (Lipinski definition) is 6. The predicted molar refractivity (Wildman–Crippen MR) is 165 cm³/mol. The minimum atomic E-state index is -4.21. The molecule has 0 aliphatic heterocycles. The van der Waals surface area contributed by atoms with E-state index >= 15 is 0 Å². The van der Waals surface area contributed by atoms with Gasteiger partial charge in [0.15, 0.2) is 0 Å². The maximum Gasteiger partial charge on any atom is 0.264 e. The first-order valence-corrected chi connectivity index (χ1v) is 15.6. The Morgan fingerprint density at radius 2 is 1.69 bits per heavy atom. The van der Waals surface area contributed by atoms with Crippen molar-refractivity contribution in [2.75, 3.05) is 31.6 Å². The molecule has 0 fully saturated rings. The van der Waals surface area contributed by atoms with Gasteiger partial charge < -0.3 is 19.7 Å². The fourth-order valence-corrected chi connectivity index (χ4v) is 6.13. The van der Waals surface area contributed by atoms with Crippen LogP contribution in [0, 0.1) is 0 Å². The molecule has 0 radical (unpaired) electrons. The number of carbonyl (C=O) groups is 2. The van der Waals surface area contributed by atoms with Crippen molar-refractivity contribution in [3.05, 3.63) is 83.4 Å². The summed E-state index contributed by atoms with van der Waals surface area (Å²) in [6, 6.07) is 18.7. The fraction of sp³-hybridized carbons (Fsp3) is 0.355. The molecule has 1 atom stereocenters. The summed E-state index contributed by atoms with van der Waals surface area (Å²) < 4.78 is 39.5. The topological polar surface area (TPSA) is 105 Å². The van der Waals surface area contributed by atoms with Crippen molar-refractivity contribution in [1.29, 1.82) is 0 Å². The largest absolute Gasteiger partial charge is 0.497 e. The molecule has 0 saturated heterocycles. The molecule has 0 saturated carbocycles. The summed E-state index contributed by atoms with van der Waals surface area (Å²) in [4.78, 5) is 28.9. The molecule has 226 valence electrons. The van der Waals surface area contributed by atoms with Crippen molar-refractivity contribution in [2.24, 2.45) is 0 Å². The average molecular weight is 616 g/mol. The summed E-state index contributed by atoms with van der Waals surface area (Å²) in [6.45, 7) is 3.82. The summed E-state index contributed by atoms with van der Waals surface area (Å²) in [7, 11) is -1.21. The van der Waals surface area contributed by atoms with Crippen molar-refractivity contribution in [3.63, 3.8) is 0 Å². The molecule has 1 N–H and O–H groups in total. The molecule has 0 spiro atoms. The van der Waals surface area contributed by atoms with Gasteiger partial charge in [0.25, 0.3) is 10.0 Å².